The number of benzene rings is 2. The van der Waals surface area contributed by atoms with E-state index in [-0.39, 0.29) is 22.7 Å². The van der Waals surface area contributed by atoms with Crippen LogP contribution in [-0.4, -0.2) is 39.3 Å². The van der Waals surface area contributed by atoms with Crippen molar-refractivity contribution in [3.63, 3.8) is 0 Å². The first-order valence-corrected chi connectivity index (χ1v) is 9.48. The summed E-state index contributed by atoms with van der Waals surface area (Å²) in [6.45, 7) is 4.57. The van der Waals surface area contributed by atoms with Gasteiger partial charge in [-0.1, -0.05) is 12.1 Å². The Morgan fingerprint density at radius 3 is 2.50 bits per heavy atom. The van der Waals surface area contributed by atoms with Crippen molar-refractivity contribution in [2.45, 2.75) is 19.8 Å². The maximum atomic E-state index is 14.7. The highest BCUT2D eigenvalue weighted by Gasteiger charge is 2.32. The van der Waals surface area contributed by atoms with Crippen molar-refractivity contribution in [1.82, 2.24) is 10.6 Å². The second-order valence-electron chi connectivity index (χ2n) is 7.52. The molecule has 2 aromatic rings. The van der Waals surface area contributed by atoms with Crippen molar-refractivity contribution in [3.05, 3.63) is 59.2 Å². The lowest BCUT2D eigenvalue weighted by Gasteiger charge is -2.37. The first-order valence-electron chi connectivity index (χ1n) is 9.48. The first kappa shape index (κ1) is 20.4. The van der Waals surface area contributed by atoms with Gasteiger partial charge < -0.3 is 15.4 Å². The third-order valence-electron chi connectivity index (χ3n) is 5.45. The zero-order valence-electron chi connectivity index (χ0n) is 16.3. The van der Waals surface area contributed by atoms with Gasteiger partial charge in [-0.25, -0.2) is 8.78 Å². The molecular formula is C22H26F2N2O2. The number of rotatable bonds is 6. The molecule has 1 fully saturated rings. The minimum Gasteiger partial charge on any atom is -0.384 e. The molecule has 3 rings (SSSR count). The minimum absolute atomic E-state index is 0.0978. The molecule has 4 nitrogen and oxygen atoms in total. The summed E-state index contributed by atoms with van der Waals surface area (Å²) in [6.07, 6.45) is 1.83. The van der Waals surface area contributed by atoms with Gasteiger partial charge in [0, 0.05) is 30.2 Å². The van der Waals surface area contributed by atoms with Gasteiger partial charge in [-0.2, -0.15) is 0 Å². The topological polar surface area (TPSA) is 50.4 Å². The molecule has 0 radical (unpaired) electrons. The van der Waals surface area contributed by atoms with Crippen LogP contribution in [0.3, 0.4) is 0 Å². The van der Waals surface area contributed by atoms with Gasteiger partial charge in [0.2, 0.25) is 0 Å². The monoisotopic (exact) mass is 388 g/mol. The Hall–Kier alpha value is -2.31. The lowest BCUT2D eigenvalue weighted by molar-refractivity contribution is 0.0511. The van der Waals surface area contributed by atoms with Crippen LogP contribution in [0.1, 0.15) is 28.8 Å². The molecule has 28 heavy (non-hydrogen) atoms. The molecule has 1 aliphatic heterocycles. The Labute approximate surface area is 164 Å². The fourth-order valence-corrected chi connectivity index (χ4v) is 3.81. The van der Waals surface area contributed by atoms with Gasteiger partial charge in [-0.05, 0) is 68.2 Å². The second-order valence-corrected chi connectivity index (χ2v) is 7.52. The predicted molar refractivity (Wildman–Crippen MR) is 105 cm³/mol. The summed E-state index contributed by atoms with van der Waals surface area (Å²) < 4.78 is 33.3. The number of hydrogen-bond acceptors (Lipinski definition) is 3. The largest absolute Gasteiger partial charge is 0.384 e. The van der Waals surface area contributed by atoms with Crippen LogP contribution < -0.4 is 10.6 Å². The van der Waals surface area contributed by atoms with Gasteiger partial charge in [-0.3, -0.25) is 4.79 Å². The van der Waals surface area contributed by atoms with E-state index in [0.29, 0.717) is 29.8 Å². The van der Waals surface area contributed by atoms with Crippen molar-refractivity contribution in [2.24, 2.45) is 5.41 Å². The lowest BCUT2D eigenvalue weighted by atomic mass is 9.79. The first-order chi connectivity index (χ1) is 13.4. The maximum Gasteiger partial charge on any atom is 0.251 e. The Balaban J connectivity index is 1.73. The zero-order chi connectivity index (χ0) is 20.1. The Bertz CT molecular complexity index is 843. The standard InChI is InChI=1S/C22H26F2N2O2/c1-15-11-17(23)4-6-18(15)19-5-3-16(12-20(19)24)21(27)26-13-22(14-28-2)7-9-25-10-8-22/h3-6,11-12,25H,7-10,13-14H2,1-2H3,(H,26,27). The number of ether oxygens (including phenoxy) is 1. The molecule has 0 saturated carbocycles. The van der Waals surface area contributed by atoms with Crippen molar-refractivity contribution >= 4 is 5.91 Å². The van der Waals surface area contributed by atoms with Crippen LogP contribution in [0.15, 0.2) is 36.4 Å². The smallest absolute Gasteiger partial charge is 0.251 e. The summed E-state index contributed by atoms with van der Waals surface area (Å²) in [5.74, 6) is -1.17. The molecule has 0 bridgehead atoms. The van der Waals surface area contributed by atoms with Gasteiger partial charge in [0.05, 0.1) is 6.61 Å². The molecule has 1 heterocycles. The maximum absolute atomic E-state index is 14.7. The predicted octanol–water partition coefficient (Wildman–Crippen LogP) is 3.69. The normalized spacial score (nSPS) is 16.0. The molecule has 150 valence electrons. The van der Waals surface area contributed by atoms with Gasteiger partial charge in [0.25, 0.3) is 5.91 Å². The van der Waals surface area contributed by atoms with Crippen molar-refractivity contribution in [2.75, 3.05) is 33.4 Å². The van der Waals surface area contributed by atoms with Crippen LogP contribution in [-0.2, 0) is 4.74 Å². The Kier molecular flexibility index (Phi) is 6.42. The summed E-state index contributed by atoms with van der Waals surface area (Å²) in [7, 11) is 1.66. The molecular weight excluding hydrogens is 362 g/mol. The highest BCUT2D eigenvalue weighted by molar-refractivity contribution is 5.94. The molecule has 1 amide bonds. The summed E-state index contributed by atoms with van der Waals surface area (Å²) in [5.41, 5.74) is 1.77. The molecule has 0 aliphatic carbocycles. The highest BCUT2D eigenvalue weighted by Crippen LogP contribution is 2.29. The van der Waals surface area contributed by atoms with E-state index in [1.165, 1.54) is 18.2 Å². The number of amides is 1. The average Bonchev–Trinajstić information content (AvgIpc) is 2.68. The Morgan fingerprint density at radius 2 is 1.86 bits per heavy atom. The number of aryl methyl sites for hydroxylation is 1. The molecule has 6 heteroatoms. The van der Waals surface area contributed by atoms with Crippen LogP contribution in [0.25, 0.3) is 11.1 Å². The van der Waals surface area contributed by atoms with E-state index in [2.05, 4.69) is 10.6 Å². The summed E-state index contributed by atoms with van der Waals surface area (Å²) >= 11 is 0. The highest BCUT2D eigenvalue weighted by atomic mass is 19.1. The van der Waals surface area contributed by atoms with E-state index < -0.39 is 5.82 Å². The minimum atomic E-state index is -0.504. The number of piperidine rings is 1. The van der Waals surface area contributed by atoms with E-state index in [4.69, 9.17) is 4.74 Å². The van der Waals surface area contributed by atoms with E-state index in [0.717, 1.165) is 25.9 Å². The van der Waals surface area contributed by atoms with Crippen LogP contribution in [0, 0.1) is 24.0 Å². The number of carbonyl (C=O) groups is 1. The molecule has 0 unspecified atom stereocenters. The molecule has 1 saturated heterocycles. The quantitative estimate of drug-likeness (QED) is 0.794. The van der Waals surface area contributed by atoms with Crippen molar-refractivity contribution < 1.29 is 18.3 Å². The summed E-state index contributed by atoms with van der Waals surface area (Å²) in [6, 6.07) is 8.62. The van der Waals surface area contributed by atoms with E-state index >= 15 is 0 Å². The summed E-state index contributed by atoms with van der Waals surface area (Å²) in [5, 5.41) is 6.25. The molecule has 1 aliphatic rings. The van der Waals surface area contributed by atoms with Crippen molar-refractivity contribution in [1.29, 1.82) is 0 Å². The van der Waals surface area contributed by atoms with E-state index in [9.17, 15) is 13.6 Å². The number of nitrogens with one attached hydrogen (secondary N) is 2. The SMILES string of the molecule is COCC1(CNC(=O)c2ccc(-c3ccc(F)cc3C)c(F)c2)CCNCC1. The molecule has 2 aromatic carbocycles. The zero-order valence-corrected chi connectivity index (χ0v) is 16.3. The second kappa shape index (κ2) is 8.80. The van der Waals surface area contributed by atoms with E-state index in [1.54, 1.807) is 32.2 Å². The van der Waals surface area contributed by atoms with Gasteiger partial charge in [0.15, 0.2) is 0 Å². The molecule has 0 aromatic heterocycles. The van der Waals surface area contributed by atoms with Crippen LogP contribution >= 0.6 is 0 Å². The number of hydrogen-bond donors (Lipinski definition) is 2. The fraction of sp³-hybridized carbons (Fsp3) is 0.409. The molecule has 0 atom stereocenters. The number of methoxy groups -OCH3 is 1. The van der Waals surface area contributed by atoms with E-state index in [1.807, 2.05) is 0 Å². The average molecular weight is 388 g/mol. The van der Waals surface area contributed by atoms with Gasteiger partial charge in [0.1, 0.15) is 11.6 Å². The Morgan fingerprint density at radius 1 is 1.14 bits per heavy atom. The van der Waals surface area contributed by atoms with Crippen molar-refractivity contribution in [3.8, 4) is 11.1 Å². The summed E-state index contributed by atoms with van der Waals surface area (Å²) in [4.78, 5) is 12.6. The van der Waals surface area contributed by atoms with Gasteiger partial charge in [-0.15, -0.1) is 0 Å². The molecule has 2 N–H and O–H groups in total. The van der Waals surface area contributed by atoms with Gasteiger partial charge >= 0.3 is 0 Å². The third kappa shape index (κ3) is 4.56. The molecule has 0 spiro atoms. The number of carbonyl (C=O) groups excluding carboxylic acids is 1. The van der Waals surface area contributed by atoms with Crippen LogP contribution in [0.5, 0.6) is 0 Å². The number of halogens is 2. The van der Waals surface area contributed by atoms with Crippen LogP contribution in [0.4, 0.5) is 8.78 Å². The lowest BCUT2D eigenvalue weighted by Crippen LogP contribution is -2.47. The fourth-order valence-electron chi connectivity index (χ4n) is 3.81. The third-order valence-corrected chi connectivity index (χ3v) is 5.45. The van der Waals surface area contributed by atoms with Crippen LogP contribution in [0.2, 0.25) is 0 Å².